The Labute approximate surface area is 120 Å². The molecule has 0 aliphatic rings. The zero-order valence-corrected chi connectivity index (χ0v) is 11.7. The first-order valence-electron chi connectivity index (χ1n) is 6.56. The Hall–Kier alpha value is -2.62. The van der Waals surface area contributed by atoms with Crippen molar-refractivity contribution in [3.63, 3.8) is 0 Å². The summed E-state index contributed by atoms with van der Waals surface area (Å²) >= 11 is 0. The molecular weight excluding hydrogens is 269 g/mol. The van der Waals surface area contributed by atoms with Crippen LogP contribution < -0.4 is 11.2 Å². The zero-order valence-electron chi connectivity index (χ0n) is 11.7. The van der Waals surface area contributed by atoms with Crippen molar-refractivity contribution in [2.45, 2.75) is 13.8 Å². The van der Waals surface area contributed by atoms with Crippen molar-refractivity contribution in [2.24, 2.45) is 0 Å². The molecule has 1 heterocycles. The third-order valence-electron chi connectivity index (χ3n) is 3.62. The number of hydrogen-bond acceptors (Lipinski definition) is 3. The fourth-order valence-electron chi connectivity index (χ4n) is 2.25. The van der Waals surface area contributed by atoms with Crippen molar-refractivity contribution < 1.29 is 8.81 Å². The summed E-state index contributed by atoms with van der Waals surface area (Å²) in [5.41, 5.74) is 8.62. The minimum absolute atomic E-state index is 0.0235. The Morgan fingerprint density at radius 2 is 1.76 bits per heavy atom. The zero-order chi connectivity index (χ0) is 15.1. The normalized spacial score (nSPS) is 11.0. The van der Waals surface area contributed by atoms with Gasteiger partial charge in [0.15, 0.2) is 5.43 Å². The summed E-state index contributed by atoms with van der Waals surface area (Å²) in [6.45, 7) is 3.90. The van der Waals surface area contributed by atoms with E-state index in [2.05, 4.69) is 0 Å². The van der Waals surface area contributed by atoms with Gasteiger partial charge in [-0.25, -0.2) is 4.39 Å². The lowest BCUT2D eigenvalue weighted by atomic mass is 10.1. The van der Waals surface area contributed by atoms with Gasteiger partial charge in [-0.1, -0.05) is 0 Å². The molecule has 3 nitrogen and oxygen atoms in total. The van der Waals surface area contributed by atoms with Crippen LogP contribution in [0.15, 0.2) is 45.6 Å². The molecule has 3 rings (SSSR count). The van der Waals surface area contributed by atoms with E-state index in [1.165, 1.54) is 24.3 Å². The standard InChI is InChI=1S/C17H14FNO2/c1-9-5-12-15(20)8-16(21-17(12)6-10(9)2)11-3-4-13(18)14(19)7-11/h3-8H,19H2,1-2H3. The molecule has 0 fully saturated rings. The van der Waals surface area contributed by atoms with E-state index >= 15 is 0 Å². The largest absolute Gasteiger partial charge is 0.456 e. The van der Waals surface area contributed by atoms with Crippen LogP contribution in [0.25, 0.3) is 22.3 Å². The van der Waals surface area contributed by atoms with E-state index in [0.29, 0.717) is 22.3 Å². The number of halogens is 1. The molecule has 4 heteroatoms. The molecule has 0 spiro atoms. The van der Waals surface area contributed by atoms with Crippen molar-refractivity contribution in [1.82, 2.24) is 0 Å². The van der Waals surface area contributed by atoms with Crippen LogP contribution in [0.1, 0.15) is 11.1 Å². The predicted octanol–water partition coefficient (Wildman–Crippen LogP) is 3.80. The van der Waals surface area contributed by atoms with Gasteiger partial charge in [-0.15, -0.1) is 0 Å². The summed E-state index contributed by atoms with van der Waals surface area (Å²) in [7, 11) is 0. The highest BCUT2D eigenvalue weighted by atomic mass is 19.1. The summed E-state index contributed by atoms with van der Waals surface area (Å²) in [5, 5.41) is 0.539. The summed E-state index contributed by atoms with van der Waals surface area (Å²) in [6.07, 6.45) is 0. The highest BCUT2D eigenvalue weighted by Crippen LogP contribution is 2.26. The number of nitrogens with two attached hydrogens (primary N) is 1. The first kappa shape index (κ1) is 13.4. The first-order chi connectivity index (χ1) is 9.95. The topological polar surface area (TPSA) is 56.2 Å². The first-order valence-corrected chi connectivity index (χ1v) is 6.56. The maximum atomic E-state index is 13.2. The third-order valence-corrected chi connectivity index (χ3v) is 3.62. The summed E-state index contributed by atoms with van der Waals surface area (Å²) in [6, 6.07) is 9.32. The molecule has 0 saturated heterocycles. The van der Waals surface area contributed by atoms with Crippen LogP contribution in [0.4, 0.5) is 10.1 Å². The lowest BCUT2D eigenvalue weighted by Gasteiger charge is -2.07. The SMILES string of the molecule is Cc1cc2oc(-c3ccc(F)c(N)c3)cc(=O)c2cc1C. The van der Waals surface area contributed by atoms with Crippen LogP contribution in [-0.2, 0) is 0 Å². The second kappa shape index (κ2) is 4.74. The number of hydrogen-bond donors (Lipinski definition) is 1. The van der Waals surface area contributed by atoms with Crippen LogP contribution in [0.5, 0.6) is 0 Å². The number of benzene rings is 2. The minimum Gasteiger partial charge on any atom is -0.456 e. The molecular formula is C17H14FNO2. The number of nitrogen functional groups attached to an aromatic ring is 1. The van der Waals surface area contributed by atoms with Gasteiger partial charge in [-0.2, -0.15) is 0 Å². The number of fused-ring (bicyclic) bond motifs is 1. The maximum Gasteiger partial charge on any atom is 0.193 e. The molecule has 2 aromatic carbocycles. The summed E-state index contributed by atoms with van der Waals surface area (Å²) < 4.78 is 19.0. The van der Waals surface area contributed by atoms with E-state index in [4.69, 9.17) is 10.2 Å². The molecule has 3 aromatic rings. The van der Waals surface area contributed by atoms with Gasteiger partial charge >= 0.3 is 0 Å². The number of anilines is 1. The fraction of sp³-hybridized carbons (Fsp3) is 0.118. The molecule has 0 atom stereocenters. The van der Waals surface area contributed by atoms with E-state index in [1.807, 2.05) is 26.0 Å². The molecule has 0 amide bonds. The van der Waals surface area contributed by atoms with Crippen molar-refractivity contribution in [1.29, 1.82) is 0 Å². The molecule has 0 bridgehead atoms. The van der Waals surface area contributed by atoms with Gasteiger partial charge in [0.2, 0.25) is 0 Å². The highest BCUT2D eigenvalue weighted by molar-refractivity contribution is 5.80. The second-order valence-electron chi connectivity index (χ2n) is 5.14. The molecule has 1 aromatic heterocycles. The summed E-state index contributed by atoms with van der Waals surface area (Å²) in [5.74, 6) is -0.115. The number of rotatable bonds is 1. The molecule has 0 aliphatic carbocycles. The Balaban J connectivity index is 2.27. The van der Waals surface area contributed by atoms with Gasteiger partial charge < -0.3 is 10.2 Å². The molecule has 2 N–H and O–H groups in total. The lowest BCUT2D eigenvalue weighted by Crippen LogP contribution is -2.01. The van der Waals surface area contributed by atoms with E-state index in [1.54, 1.807) is 0 Å². The van der Waals surface area contributed by atoms with Crippen LogP contribution in [0.3, 0.4) is 0 Å². The molecule has 0 unspecified atom stereocenters. The third kappa shape index (κ3) is 2.29. The molecule has 0 saturated carbocycles. The molecule has 0 aliphatic heterocycles. The van der Waals surface area contributed by atoms with Crippen molar-refractivity contribution in [2.75, 3.05) is 5.73 Å². The van der Waals surface area contributed by atoms with Crippen LogP contribution in [-0.4, -0.2) is 0 Å². The van der Waals surface area contributed by atoms with E-state index in [9.17, 15) is 9.18 Å². The quantitative estimate of drug-likeness (QED) is 0.691. The molecule has 106 valence electrons. The van der Waals surface area contributed by atoms with Gasteiger partial charge in [0.1, 0.15) is 17.2 Å². The van der Waals surface area contributed by atoms with Gasteiger partial charge in [0.25, 0.3) is 0 Å². The van der Waals surface area contributed by atoms with E-state index < -0.39 is 5.82 Å². The Morgan fingerprint density at radius 3 is 2.48 bits per heavy atom. The highest BCUT2D eigenvalue weighted by Gasteiger charge is 2.10. The monoisotopic (exact) mass is 283 g/mol. The molecule has 21 heavy (non-hydrogen) atoms. The maximum absolute atomic E-state index is 13.2. The average molecular weight is 283 g/mol. The Morgan fingerprint density at radius 1 is 1.05 bits per heavy atom. The molecule has 0 radical (unpaired) electrons. The van der Waals surface area contributed by atoms with E-state index in [0.717, 1.165) is 11.1 Å². The predicted molar refractivity (Wildman–Crippen MR) is 81.8 cm³/mol. The average Bonchev–Trinajstić information content (AvgIpc) is 2.44. The van der Waals surface area contributed by atoms with Crippen molar-refractivity contribution in [3.8, 4) is 11.3 Å². The summed E-state index contributed by atoms with van der Waals surface area (Å²) in [4.78, 5) is 12.2. The lowest BCUT2D eigenvalue weighted by molar-refractivity contribution is 0.616. The van der Waals surface area contributed by atoms with Gasteiger partial charge in [-0.05, 0) is 55.3 Å². The van der Waals surface area contributed by atoms with Crippen LogP contribution >= 0.6 is 0 Å². The fourth-order valence-corrected chi connectivity index (χ4v) is 2.25. The van der Waals surface area contributed by atoms with Crippen molar-refractivity contribution in [3.05, 3.63) is 63.6 Å². The van der Waals surface area contributed by atoms with Gasteiger partial charge in [0.05, 0.1) is 11.1 Å². The van der Waals surface area contributed by atoms with Gasteiger partial charge in [0, 0.05) is 11.6 Å². The van der Waals surface area contributed by atoms with Crippen LogP contribution in [0.2, 0.25) is 0 Å². The van der Waals surface area contributed by atoms with E-state index in [-0.39, 0.29) is 11.1 Å². The number of aryl methyl sites for hydroxylation is 2. The van der Waals surface area contributed by atoms with Gasteiger partial charge in [-0.3, -0.25) is 4.79 Å². The minimum atomic E-state index is -0.492. The van der Waals surface area contributed by atoms with Crippen molar-refractivity contribution >= 4 is 16.7 Å². The Kier molecular flexibility index (Phi) is 3.01. The van der Waals surface area contributed by atoms with Crippen LogP contribution in [0, 0.1) is 19.7 Å². The smallest absolute Gasteiger partial charge is 0.193 e. The second-order valence-corrected chi connectivity index (χ2v) is 5.14. The Bertz CT molecular complexity index is 913.